The largest absolute Gasteiger partial charge is 0.416 e. The van der Waals surface area contributed by atoms with Gasteiger partial charge in [-0.15, -0.1) is 20.4 Å². The highest BCUT2D eigenvalue weighted by atomic mass is 32.2. The molecule has 8 heteroatoms. The number of tetrazole rings is 1. The van der Waals surface area contributed by atoms with E-state index >= 15 is 0 Å². The number of aromatic nitrogens is 6. The molecule has 0 saturated heterocycles. The van der Waals surface area contributed by atoms with Crippen LogP contribution < -0.4 is 0 Å². The van der Waals surface area contributed by atoms with Crippen LogP contribution in [0.5, 0.6) is 0 Å². The average Bonchev–Trinajstić information content (AvgIpc) is 3.47. The fourth-order valence-corrected chi connectivity index (χ4v) is 4.05. The number of rotatable bonds is 11. The van der Waals surface area contributed by atoms with Gasteiger partial charge in [0.05, 0.1) is 6.54 Å². The summed E-state index contributed by atoms with van der Waals surface area (Å²) in [7, 11) is 0. The van der Waals surface area contributed by atoms with E-state index in [1.165, 1.54) is 5.56 Å². The molecule has 2 aromatic carbocycles. The lowest BCUT2D eigenvalue weighted by Gasteiger charge is -2.08. The Hall–Kier alpha value is -3.00. The number of thioether (sulfide) groups is 1. The van der Waals surface area contributed by atoms with E-state index in [-0.39, 0.29) is 0 Å². The molecular weight excluding hydrogens is 408 g/mol. The van der Waals surface area contributed by atoms with Crippen LogP contribution >= 0.6 is 11.8 Å². The lowest BCUT2D eigenvalue weighted by molar-refractivity contribution is 0.404. The van der Waals surface area contributed by atoms with Crippen molar-refractivity contribution >= 4 is 11.8 Å². The molecule has 0 fully saturated rings. The van der Waals surface area contributed by atoms with Gasteiger partial charge in [-0.25, -0.2) is 0 Å². The molecule has 2 aromatic heterocycles. The number of aryl methyl sites for hydroxylation is 1. The summed E-state index contributed by atoms with van der Waals surface area (Å²) in [5.41, 5.74) is 2.27. The van der Waals surface area contributed by atoms with Crippen LogP contribution in [0, 0.1) is 0 Å². The molecule has 4 rings (SSSR count). The predicted octanol–water partition coefficient (Wildman–Crippen LogP) is 5.03. The van der Waals surface area contributed by atoms with Crippen LogP contribution in [0.25, 0.3) is 11.4 Å². The normalized spacial score (nSPS) is 12.2. The Morgan fingerprint density at radius 3 is 2.48 bits per heavy atom. The fraction of sp³-hybridized carbons (Fsp3) is 0.348. The third-order valence-corrected chi connectivity index (χ3v) is 5.92. The first-order valence-corrected chi connectivity index (χ1v) is 11.6. The zero-order chi connectivity index (χ0) is 21.3. The molecule has 0 saturated carbocycles. The van der Waals surface area contributed by atoms with Gasteiger partial charge >= 0.3 is 0 Å². The Bertz CT molecular complexity index is 1050. The van der Waals surface area contributed by atoms with Gasteiger partial charge in [-0.05, 0) is 29.5 Å². The second-order valence-electron chi connectivity index (χ2n) is 7.46. The number of hydrogen-bond acceptors (Lipinski definition) is 7. The van der Waals surface area contributed by atoms with Gasteiger partial charge in [-0.1, -0.05) is 85.8 Å². The van der Waals surface area contributed by atoms with Crippen molar-refractivity contribution < 1.29 is 4.42 Å². The first kappa shape index (κ1) is 21.2. The molecule has 0 aliphatic heterocycles. The number of unbranched alkanes of at least 4 members (excludes halogenated alkanes) is 2. The Morgan fingerprint density at radius 1 is 0.903 bits per heavy atom. The van der Waals surface area contributed by atoms with Crippen molar-refractivity contribution in [3.05, 3.63) is 72.1 Å². The topological polar surface area (TPSA) is 82.5 Å². The van der Waals surface area contributed by atoms with Gasteiger partial charge in [0.1, 0.15) is 0 Å². The van der Waals surface area contributed by atoms with Gasteiger partial charge in [0.15, 0.2) is 0 Å². The van der Waals surface area contributed by atoms with Crippen LogP contribution in [-0.4, -0.2) is 36.2 Å². The van der Waals surface area contributed by atoms with E-state index in [9.17, 15) is 0 Å². The van der Waals surface area contributed by atoms with Gasteiger partial charge < -0.3 is 4.42 Å². The minimum Gasteiger partial charge on any atom is -0.416 e. The van der Waals surface area contributed by atoms with E-state index in [4.69, 9.17) is 4.42 Å². The van der Waals surface area contributed by atoms with Crippen molar-refractivity contribution in [2.75, 3.05) is 5.75 Å². The van der Waals surface area contributed by atoms with Crippen LogP contribution in [0.2, 0.25) is 0 Å². The lowest BCUT2D eigenvalue weighted by Crippen LogP contribution is -2.02. The van der Waals surface area contributed by atoms with Crippen molar-refractivity contribution in [1.82, 2.24) is 30.4 Å². The standard InChI is InChI=1S/C23H26N6OS/c1-18(19-11-5-2-6-12-19)17-21-24-26-23(30-21)31-16-10-4-9-15-29-27-22(25-28-29)20-13-7-3-8-14-20/h2-3,5-8,11-14,18H,4,9-10,15-17H2,1H3. The summed E-state index contributed by atoms with van der Waals surface area (Å²) in [6.45, 7) is 2.95. The molecular formula is C23H26N6OS. The molecule has 2 heterocycles. The van der Waals surface area contributed by atoms with Crippen LogP contribution in [0.15, 0.2) is 70.3 Å². The van der Waals surface area contributed by atoms with Crippen LogP contribution in [0.4, 0.5) is 0 Å². The Balaban J connectivity index is 1.13. The maximum Gasteiger partial charge on any atom is 0.276 e. The molecule has 0 amide bonds. The number of nitrogens with zero attached hydrogens (tertiary/aromatic N) is 6. The van der Waals surface area contributed by atoms with E-state index in [0.29, 0.717) is 22.9 Å². The first-order chi connectivity index (χ1) is 15.3. The zero-order valence-electron chi connectivity index (χ0n) is 17.6. The molecule has 1 unspecified atom stereocenters. The van der Waals surface area contributed by atoms with Gasteiger partial charge in [-0.2, -0.15) is 4.80 Å². The third kappa shape index (κ3) is 6.24. The maximum atomic E-state index is 5.80. The van der Waals surface area contributed by atoms with Crippen molar-refractivity contribution in [1.29, 1.82) is 0 Å². The maximum absolute atomic E-state index is 5.80. The van der Waals surface area contributed by atoms with Crippen molar-refractivity contribution in [3.63, 3.8) is 0 Å². The first-order valence-electron chi connectivity index (χ1n) is 10.6. The third-order valence-electron chi connectivity index (χ3n) is 5.01. The van der Waals surface area contributed by atoms with E-state index in [0.717, 1.165) is 43.5 Å². The highest BCUT2D eigenvalue weighted by Gasteiger charge is 2.12. The van der Waals surface area contributed by atoms with Crippen molar-refractivity contribution in [3.8, 4) is 11.4 Å². The summed E-state index contributed by atoms with van der Waals surface area (Å²) in [5, 5.41) is 21.8. The molecule has 0 aliphatic rings. The van der Waals surface area contributed by atoms with E-state index in [1.807, 2.05) is 36.4 Å². The zero-order valence-corrected chi connectivity index (χ0v) is 18.4. The minimum atomic E-state index is 0.354. The molecule has 0 aliphatic carbocycles. The van der Waals surface area contributed by atoms with Gasteiger partial charge in [0, 0.05) is 17.7 Å². The molecule has 0 spiro atoms. The highest BCUT2D eigenvalue weighted by molar-refractivity contribution is 7.99. The van der Waals surface area contributed by atoms with E-state index in [2.05, 4.69) is 56.8 Å². The highest BCUT2D eigenvalue weighted by Crippen LogP contribution is 2.23. The summed E-state index contributed by atoms with van der Waals surface area (Å²) in [6, 6.07) is 20.3. The Morgan fingerprint density at radius 2 is 1.68 bits per heavy atom. The SMILES string of the molecule is CC(Cc1nnc(SCCCCCn2nnc(-c3ccccc3)n2)o1)c1ccccc1. The molecule has 4 aromatic rings. The number of benzene rings is 2. The molecule has 160 valence electrons. The fourth-order valence-electron chi connectivity index (χ4n) is 3.27. The average molecular weight is 435 g/mol. The lowest BCUT2D eigenvalue weighted by atomic mass is 9.98. The predicted molar refractivity (Wildman–Crippen MR) is 121 cm³/mol. The molecule has 0 bridgehead atoms. The van der Waals surface area contributed by atoms with Gasteiger partial charge in [0.2, 0.25) is 11.7 Å². The summed E-state index contributed by atoms with van der Waals surface area (Å²) in [4.78, 5) is 1.67. The molecule has 1 atom stereocenters. The van der Waals surface area contributed by atoms with Crippen LogP contribution in [0.1, 0.15) is 43.6 Å². The van der Waals surface area contributed by atoms with Gasteiger partial charge in [0.25, 0.3) is 5.22 Å². The smallest absolute Gasteiger partial charge is 0.276 e. The van der Waals surface area contributed by atoms with Crippen molar-refractivity contribution in [2.24, 2.45) is 0 Å². The summed E-state index contributed by atoms with van der Waals surface area (Å²) >= 11 is 1.62. The Labute approximate surface area is 186 Å². The summed E-state index contributed by atoms with van der Waals surface area (Å²) in [5.74, 6) is 2.68. The second-order valence-corrected chi connectivity index (χ2v) is 8.51. The quantitative estimate of drug-likeness (QED) is 0.242. The minimum absolute atomic E-state index is 0.354. The van der Waals surface area contributed by atoms with Gasteiger partial charge in [-0.3, -0.25) is 0 Å². The monoisotopic (exact) mass is 434 g/mol. The molecule has 0 radical (unpaired) electrons. The molecule has 31 heavy (non-hydrogen) atoms. The van der Waals surface area contributed by atoms with Crippen molar-refractivity contribution in [2.45, 2.75) is 50.3 Å². The molecule has 7 nitrogen and oxygen atoms in total. The molecule has 0 N–H and O–H groups in total. The summed E-state index contributed by atoms with van der Waals surface area (Å²) < 4.78 is 5.80. The second kappa shape index (κ2) is 10.9. The Kier molecular flexibility index (Phi) is 7.44. The summed E-state index contributed by atoms with van der Waals surface area (Å²) in [6.07, 6.45) is 3.92. The number of hydrogen-bond donors (Lipinski definition) is 0. The van der Waals surface area contributed by atoms with Crippen LogP contribution in [0.3, 0.4) is 0 Å². The van der Waals surface area contributed by atoms with E-state index < -0.39 is 0 Å². The van der Waals surface area contributed by atoms with E-state index in [1.54, 1.807) is 16.6 Å². The van der Waals surface area contributed by atoms with Crippen LogP contribution in [-0.2, 0) is 13.0 Å².